The topological polar surface area (TPSA) is 33.1 Å². The van der Waals surface area contributed by atoms with Crippen molar-refractivity contribution in [1.29, 1.82) is 0 Å². The molecule has 2 fully saturated rings. The lowest BCUT2D eigenvalue weighted by atomic mass is 9.70. The third kappa shape index (κ3) is 2.09. The smallest absolute Gasteiger partial charge is 0.0802 e. The average molecular weight is 279 g/mol. The molecular formula is C19H21NO. The molecule has 0 radical (unpaired) electrons. The summed E-state index contributed by atoms with van der Waals surface area (Å²) < 4.78 is 0. The van der Waals surface area contributed by atoms with Crippen LogP contribution in [0.3, 0.4) is 0 Å². The molecule has 0 saturated heterocycles. The van der Waals surface area contributed by atoms with Crippen LogP contribution in [0.25, 0.3) is 0 Å². The molecule has 21 heavy (non-hydrogen) atoms. The molecular weight excluding hydrogens is 258 g/mol. The van der Waals surface area contributed by atoms with Gasteiger partial charge in [-0.05, 0) is 55.2 Å². The zero-order valence-corrected chi connectivity index (χ0v) is 12.2. The molecule has 4 atom stereocenters. The minimum atomic E-state index is -0.626. The highest BCUT2D eigenvalue weighted by molar-refractivity contribution is 5.34. The van der Waals surface area contributed by atoms with Crippen molar-refractivity contribution in [3.63, 3.8) is 0 Å². The van der Waals surface area contributed by atoms with E-state index in [1.807, 2.05) is 24.4 Å². The van der Waals surface area contributed by atoms with Crippen molar-refractivity contribution in [2.75, 3.05) is 0 Å². The molecule has 0 unspecified atom stereocenters. The highest BCUT2D eigenvalue weighted by Gasteiger charge is 2.55. The van der Waals surface area contributed by atoms with Crippen LogP contribution in [-0.4, -0.2) is 15.7 Å². The van der Waals surface area contributed by atoms with Gasteiger partial charge in [0, 0.05) is 6.20 Å². The van der Waals surface area contributed by atoms with Crippen molar-refractivity contribution >= 4 is 0 Å². The monoisotopic (exact) mass is 279 g/mol. The largest absolute Gasteiger partial charge is 0.389 e. The second kappa shape index (κ2) is 4.96. The minimum Gasteiger partial charge on any atom is -0.389 e. The average Bonchev–Trinajstić information content (AvgIpc) is 3.10. The zero-order chi connectivity index (χ0) is 14.3. The molecule has 1 aromatic carbocycles. The number of aliphatic hydroxyl groups is 1. The van der Waals surface area contributed by atoms with E-state index in [4.69, 9.17) is 0 Å². The fraction of sp³-hybridized carbons (Fsp3) is 0.421. The summed E-state index contributed by atoms with van der Waals surface area (Å²) in [5.74, 6) is 1.12. The summed E-state index contributed by atoms with van der Waals surface area (Å²) in [5, 5.41) is 11.5. The van der Waals surface area contributed by atoms with Crippen LogP contribution in [0.1, 0.15) is 42.9 Å². The lowest BCUT2D eigenvalue weighted by Crippen LogP contribution is -2.42. The number of fused-ring (bicyclic) bond motifs is 2. The van der Waals surface area contributed by atoms with Crippen molar-refractivity contribution in [2.24, 2.45) is 11.8 Å². The molecule has 0 amide bonds. The number of aromatic nitrogens is 1. The Hall–Kier alpha value is -1.67. The van der Waals surface area contributed by atoms with Crippen molar-refractivity contribution in [1.82, 2.24) is 4.98 Å². The molecule has 2 aliphatic rings. The molecule has 2 bridgehead atoms. The quantitative estimate of drug-likeness (QED) is 0.928. The van der Waals surface area contributed by atoms with Crippen LogP contribution >= 0.6 is 0 Å². The molecule has 1 N–H and O–H groups in total. The first-order chi connectivity index (χ1) is 10.3. The van der Waals surface area contributed by atoms with Gasteiger partial charge in [0.1, 0.15) is 0 Å². The minimum absolute atomic E-state index is 0.00444. The molecule has 0 spiro atoms. The zero-order valence-electron chi connectivity index (χ0n) is 12.2. The van der Waals surface area contributed by atoms with E-state index in [9.17, 15) is 5.11 Å². The standard InChI is InChI=1S/C19H21NO/c21-19(13-14-9-10-16(19)12-14)18(15-6-2-1-3-7-15)17-8-4-5-11-20-17/h1-8,11,14,16,18,21H,9-10,12-13H2/t14-,16-,18-,19+/m0/s1. The van der Waals surface area contributed by atoms with Crippen LogP contribution in [0, 0.1) is 11.8 Å². The van der Waals surface area contributed by atoms with E-state index in [0.29, 0.717) is 11.8 Å². The Bertz CT molecular complexity index is 572. The van der Waals surface area contributed by atoms with Crippen LogP contribution in [0.2, 0.25) is 0 Å². The molecule has 2 aromatic rings. The first-order valence-electron chi connectivity index (χ1n) is 7.95. The van der Waals surface area contributed by atoms with E-state index in [0.717, 1.165) is 18.5 Å². The Kier molecular flexibility index (Phi) is 3.07. The van der Waals surface area contributed by atoms with Crippen LogP contribution in [0.5, 0.6) is 0 Å². The van der Waals surface area contributed by atoms with Gasteiger partial charge in [-0.3, -0.25) is 4.98 Å². The Morgan fingerprint density at radius 3 is 2.48 bits per heavy atom. The summed E-state index contributed by atoms with van der Waals surface area (Å²) in [6.45, 7) is 0. The molecule has 2 saturated carbocycles. The van der Waals surface area contributed by atoms with Gasteiger partial charge in [0.25, 0.3) is 0 Å². The van der Waals surface area contributed by atoms with E-state index in [-0.39, 0.29) is 5.92 Å². The molecule has 2 aliphatic carbocycles. The fourth-order valence-electron chi connectivity index (χ4n) is 4.60. The van der Waals surface area contributed by atoms with Gasteiger partial charge in [-0.2, -0.15) is 0 Å². The molecule has 0 aliphatic heterocycles. The lowest BCUT2D eigenvalue weighted by molar-refractivity contribution is -0.0286. The molecule has 4 rings (SSSR count). The van der Waals surface area contributed by atoms with E-state index < -0.39 is 5.60 Å². The SMILES string of the molecule is O[C@]1([C@@H](c2ccccc2)c2ccccn2)C[C@H]2CC[C@H]1C2. The van der Waals surface area contributed by atoms with Crippen LogP contribution < -0.4 is 0 Å². The highest BCUT2D eigenvalue weighted by atomic mass is 16.3. The third-order valence-corrected chi connectivity index (χ3v) is 5.48. The fourth-order valence-corrected chi connectivity index (χ4v) is 4.60. The number of hydrogen-bond acceptors (Lipinski definition) is 2. The van der Waals surface area contributed by atoms with E-state index in [1.54, 1.807) is 0 Å². The number of hydrogen-bond donors (Lipinski definition) is 1. The van der Waals surface area contributed by atoms with Gasteiger partial charge >= 0.3 is 0 Å². The predicted molar refractivity (Wildman–Crippen MR) is 82.9 cm³/mol. The second-order valence-electron chi connectivity index (χ2n) is 6.67. The Morgan fingerprint density at radius 1 is 1.05 bits per heavy atom. The molecule has 1 aromatic heterocycles. The van der Waals surface area contributed by atoms with Crippen LogP contribution in [-0.2, 0) is 0 Å². The van der Waals surface area contributed by atoms with Gasteiger partial charge in [-0.1, -0.05) is 36.4 Å². The summed E-state index contributed by atoms with van der Waals surface area (Å²) in [5.41, 5.74) is 1.56. The maximum Gasteiger partial charge on any atom is 0.0802 e. The Labute approximate surface area is 125 Å². The van der Waals surface area contributed by atoms with E-state index in [1.165, 1.54) is 18.4 Å². The van der Waals surface area contributed by atoms with Gasteiger partial charge in [0.05, 0.1) is 17.2 Å². The van der Waals surface area contributed by atoms with Crippen molar-refractivity contribution in [3.05, 3.63) is 66.0 Å². The van der Waals surface area contributed by atoms with Crippen molar-refractivity contribution in [2.45, 2.75) is 37.2 Å². The third-order valence-electron chi connectivity index (χ3n) is 5.48. The van der Waals surface area contributed by atoms with Gasteiger partial charge in [0.15, 0.2) is 0 Å². The number of nitrogens with zero attached hydrogens (tertiary/aromatic N) is 1. The maximum absolute atomic E-state index is 11.5. The second-order valence-corrected chi connectivity index (χ2v) is 6.67. The first kappa shape index (κ1) is 13.0. The first-order valence-corrected chi connectivity index (χ1v) is 7.95. The number of rotatable bonds is 3. The molecule has 2 nitrogen and oxygen atoms in total. The van der Waals surface area contributed by atoms with Crippen molar-refractivity contribution < 1.29 is 5.11 Å². The number of benzene rings is 1. The Morgan fingerprint density at radius 2 is 1.86 bits per heavy atom. The molecule has 108 valence electrons. The molecule has 2 heteroatoms. The summed E-state index contributed by atoms with van der Waals surface area (Å²) in [6.07, 6.45) is 6.40. The predicted octanol–water partition coefficient (Wildman–Crippen LogP) is 3.76. The van der Waals surface area contributed by atoms with Crippen molar-refractivity contribution in [3.8, 4) is 0 Å². The van der Waals surface area contributed by atoms with Gasteiger partial charge in [0.2, 0.25) is 0 Å². The lowest BCUT2D eigenvalue weighted by Gasteiger charge is -2.39. The van der Waals surface area contributed by atoms with Gasteiger partial charge in [-0.25, -0.2) is 0 Å². The normalized spacial score (nSPS) is 32.2. The van der Waals surface area contributed by atoms with E-state index in [2.05, 4.69) is 35.3 Å². The molecule has 1 heterocycles. The van der Waals surface area contributed by atoms with Gasteiger partial charge in [-0.15, -0.1) is 0 Å². The summed E-state index contributed by atoms with van der Waals surface area (Å²) >= 11 is 0. The summed E-state index contributed by atoms with van der Waals surface area (Å²) in [6, 6.07) is 16.4. The van der Waals surface area contributed by atoms with Crippen LogP contribution in [0.4, 0.5) is 0 Å². The van der Waals surface area contributed by atoms with Gasteiger partial charge < -0.3 is 5.11 Å². The number of pyridine rings is 1. The highest BCUT2D eigenvalue weighted by Crippen LogP contribution is 2.57. The van der Waals surface area contributed by atoms with E-state index >= 15 is 0 Å². The van der Waals surface area contributed by atoms with Crippen LogP contribution in [0.15, 0.2) is 54.7 Å². The summed E-state index contributed by atoms with van der Waals surface area (Å²) in [7, 11) is 0. The Balaban J connectivity index is 1.81. The summed E-state index contributed by atoms with van der Waals surface area (Å²) in [4.78, 5) is 4.57. The maximum atomic E-state index is 11.5.